The maximum absolute atomic E-state index is 12.5. The first-order valence-corrected chi connectivity index (χ1v) is 7.55. The van der Waals surface area contributed by atoms with Crippen LogP contribution in [0.5, 0.6) is 0 Å². The summed E-state index contributed by atoms with van der Waals surface area (Å²) in [5.41, 5.74) is 2.71. The molecule has 1 unspecified atom stereocenters. The standard InChI is InChI=1S/C11H18N4O3S/c12-14-10-1-4-13-7-11(10)19(17,18)15-5-2-9(8-15)3-6-16/h1,4,7,9,16H,2-3,5-6,8,12H2,(H,13,14). The summed E-state index contributed by atoms with van der Waals surface area (Å²) in [4.78, 5) is 3.93. The van der Waals surface area contributed by atoms with Crippen LogP contribution in [-0.4, -0.2) is 42.5 Å². The molecule has 0 aliphatic carbocycles. The minimum Gasteiger partial charge on any atom is -0.396 e. The van der Waals surface area contributed by atoms with E-state index in [1.54, 1.807) is 0 Å². The molecular formula is C11H18N4O3S. The van der Waals surface area contributed by atoms with Crippen molar-refractivity contribution in [1.29, 1.82) is 0 Å². The fourth-order valence-corrected chi connectivity index (χ4v) is 3.91. The lowest BCUT2D eigenvalue weighted by Gasteiger charge is -2.18. The monoisotopic (exact) mass is 286 g/mol. The maximum Gasteiger partial charge on any atom is 0.246 e. The number of aliphatic hydroxyl groups is 1. The van der Waals surface area contributed by atoms with Crippen molar-refractivity contribution in [3.63, 3.8) is 0 Å². The van der Waals surface area contributed by atoms with Crippen molar-refractivity contribution in [1.82, 2.24) is 9.29 Å². The van der Waals surface area contributed by atoms with Gasteiger partial charge in [0.1, 0.15) is 4.90 Å². The van der Waals surface area contributed by atoms with Gasteiger partial charge in [0, 0.05) is 32.1 Å². The number of aliphatic hydroxyl groups excluding tert-OH is 1. The van der Waals surface area contributed by atoms with E-state index in [0.717, 1.165) is 6.42 Å². The predicted octanol–water partition coefficient (Wildman–Crippen LogP) is -0.240. The molecule has 106 valence electrons. The van der Waals surface area contributed by atoms with Crippen molar-refractivity contribution in [2.45, 2.75) is 17.7 Å². The van der Waals surface area contributed by atoms with Crippen molar-refractivity contribution < 1.29 is 13.5 Å². The van der Waals surface area contributed by atoms with Crippen LogP contribution < -0.4 is 11.3 Å². The van der Waals surface area contributed by atoms with E-state index in [1.807, 2.05) is 0 Å². The number of hydrogen-bond donors (Lipinski definition) is 3. The summed E-state index contributed by atoms with van der Waals surface area (Å²) in [6, 6.07) is 1.52. The van der Waals surface area contributed by atoms with Gasteiger partial charge in [-0.3, -0.25) is 10.8 Å². The van der Waals surface area contributed by atoms with Crippen LogP contribution in [0.25, 0.3) is 0 Å². The first-order valence-electron chi connectivity index (χ1n) is 6.11. The Kier molecular flexibility index (Phi) is 4.35. The molecule has 0 saturated carbocycles. The normalized spacial score (nSPS) is 20.6. The second-order valence-corrected chi connectivity index (χ2v) is 6.45. The van der Waals surface area contributed by atoms with Gasteiger partial charge < -0.3 is 10.5 Å². The van der Waals surface area contributed by atoms with Gasteiger partial charge in [-0.2, -0.15) is 4.31 Å². The summed E-state index contributed by atoms with van der Waals surface area (Å²) in [5, 5.41) is 8.91. The lowest BCUT2D eigenvalue weighted by Crippen LogP contribution is -2.30. The molecule has 1 aromatic rings. The number of nitrogens with one attached hydrogen (secondary N) is 1. The lowest BCUT2D eigenvalue weighted by molar-refractivity contribution is 0.259. The molecular weight excluding hydrogens is 268 g/mol. The Morgan fingerprint density at radius 3 is 3.05 bits per heavy atom. The van der Waals surface area contributed by atoms with Gasteiger partial charge in [-0.05, 0) is 24.8 Å². The SMILES string of the molecule is NNc1ccncc1S(=O)(=O)N1CCC(CCO)C1. The topological polar surface area (TPSA) is 109 Å². The fraction of sp³-hybridized carbons (Fsp3) is 0.545. The van der Waals surface area contributed by atoms with Crippen LogP contribution in [0.2, 0.25) is 0 Å². The Labute approximate surface area is 112 Å². The molecule has 7 nitrogen and oxygen atoms in total. The van der Waals surface area contributed by atoms with E-state index in [2.05, 4.69) is 10.4 Å². The molecule has 0 spiro atoms. The molecule has 1 atom stereocenters. The average molecular weight is 286 g/mol. The highest BCUT2D eigenvalue weighted by atomic mass is 32.2. The van der Waals surface area contributed by atoms with Gasteiger partial charge in [-0.15, -0.1) is 0 Å². The molecule has 1 fully saturated rings. The van der Waals surface area contributed by atoms with Crippen molar-refractivity contribution in [2.24, 2.45) is 11.8 Å². The third-order valence-electron chi connectivity index (χ3n) is 3.34. The molecule has 19 heavy (non-hydrogen) atoms. The molecule has 1 saturated heterocycles. The van der Waals surface area contributed by atoms with Gasteiger partial charge >= 0.3 is 0 Å². The fourth-order valence-electron chi connectivity index (χ4n) is 2.28. The van der Waals surface area contributed by atoms with Crippen molar-refractivity contribution in [2.75, 3.05) is 25.1 Å². The highest BCUT2D eigenvalue weighted by molar-refractivity contribution is 7.89. The largest absolute Gasteiger partial charge is 0.396 e. The number of rotatable bonds is 5. The highest BCUT2D eigenvalue weighted by Gasteiger charge is 2.33. The Bertz CT molecular complexity index is 534. The summed E-state index contributed by atoms with van der Waals surface area (Å²) < 4.78 is 26.4. The van der Waals surface area contributed by atoms with Crippen molar-refractivity contribution >= 4 is 15.7 Å². The molecule has 0 amide bonds. The minimum atomic E-state index is -3.59. The molecule has 1 aliphatic heterocycles. The Hall–Kier alpha value is -1.22. The number of hydrazine groups is 1. The molecule has 1 aromatic heterocycles. The van der Waals surface area contributed by atoms with Crippen molar-refractivity contribution in [3.05, 3.63) is 18.5 Å². The summed E-state index contributed by atoms with van der Waals surface area (Å²) in [7, 11) is -3.59. The van der Waals surface area contributed by atoms with Crippen LogP contribution in [0.3, 0.4) is 0 Å². The predicted molar refractivity (Wildman–Crippen MR) is 70.6 cm³/mol. The molecule has 1 aliphatic rings. The van der Waals surface area contributed by atoms with Crippen LogP contribution in [0, 0.1) is 5.92 Å². The third-order valence-corrected chi connectivity index (χ3v) is 5.24. The molecule has 2 heterocycles. The smallest absolute Gasteiger partial charge is 0.246 e. The highest BCUT2D eigenvalue weighted by Crippen LogP contribution is 2.28. The number of aromatic nitrogens is 1. The van der Waals surface area contributed by atoms with Gasteiger partial charge in [-0.1, -0.05) is 0 Å². The quantitative estimate of drug-likeness (QED) is 0.509. The van der Waals surface area contributed by atoms with Gasteiger partial charge in [0.2, 0.25) is 10.0 Å². The first kappa shape index (κ1) is 14.2. The van der Waals surface area contributed by atoms with E-state index in [0.29, 0.717) is 25.2 Å². The Morgan fingerprint density at radius 2 is 2.37 bits per heavy atom. The summed E-state index contributed by atoms with van der Waals surface area (Å²) in [6.45, 7) is 0.981. The molecule has 2 rings (SSSR count). The minimum absolute atomic E-state index is 0.0844. The molecule has 0 radical (unpaired) electrons. The number of nitrogens with two attached hydrogens (primary N) is 1. The number of pyridine rings is 1. The van der Waals surface area contributed by atoms with Gasteiger partial charge in [-0.25, -0.2) is 8.42 Å². The van der Waals surface area contributed by atoms with Crippen molar-refractivity contribution in [3.8, 4) is 0 Å². The maximum atomic E-state index is 12.5. The molecule has 4 N–H and O–H groups in total. The molecule has 8 heteroatoms. The van der Waals surface area contributed by atoms with Crippen LogP contribution in [-0.2, 0) is 10.0 Å². The van der Waals surface area contributed by atoms with Crippen LogP contribution >= 0.6 is 0 Å². The summed E-state index contributed by atoms with van der Waals surface area (Å²) in [5.74, 6) is 5.54. The third kappa shape index (κ3) is 2.86. The van der Waals surface area contributed by atoms with E-state index in [4.69, 9.17) is 10.9 Å². The Balaban J connectivity index is 2.24. The second kappa shape index (κ2) is 5.83. The van der Waals surface area contributed by atoms with E-state index in [1.165, 1.54) is 22.8 Å². The summed E-state index contributed by atoms with van der Waals surface area (Å²) in [6.07, 6.45) is 4.17. The number of nitrogen functional groups attached to an aromatic ring is 1. The number of nitrogens with zero attached hydrogens (tertiary/aromatic N) is 2. The Morgan fingerprint density at radius 1 is 1.58 bits per heavy atom. The van der Waals surface area contributed by atoms with Crippen LogP contribution in [0.15, 0.2) is 23.4 Å². The number of anilines is 1. The molecule has 0 bridgehead atoms. The zero-order chi connectivity index (χ0) is 13.9. The van der Waals surface area contributed by atoms with Gasteiger partial charge in [0.15, 0.2) is 0 Å². The van der Waals surface area contributed by atoms with E-state index in [9.17, 15) is 8.42 Å². The molecule has 0 aromatic carbocycles. The van der Waals surface area contributed by atoms with Gasteiger partial charge in [0.25, 0.3) is 0 Å². The number of hydrogen-bond acceptors (Lipinski definition) is 6. The zero-order valence-electron chi connectivity index (χ0n) is 10.5. The van der Waals surface area contributed by atoms with Crippen LogP contribution in [0.4, 0.5) is 5.69 Å². The van der Waals surface area contributed by atoms with E-state index >= 15 is 0 Å². The summed E-state index contributed by atoms with van der Waals surface area (Å²) >= 11 is 0. The second-order valence-electron chi connectivity index (χ2n) is 4.55. The van der Waals surface area contributed by atoms with Crippen LogP contribution in [0.1, 0.15) is 12.8 Å². The first-order chi connectivity index (χ1) is 9.09. The van der Waals surface area contributed by atoms with Gasteiger partial charge in [0.05, 0.1) is 5.69 Å². The lowest BCUT2D eigenvalue weighted by atomic mass is 10.1. The zero-order valence-corrected chi connectivity index (χ0v) is 11.3. The number of sulfonamides is 1. The average Bonchev–Trinajstić information content (AvgIpc) is 2.88. The van der Waals surface area contributed by atoms with E-state index < -0.39 is 10.0 Å². The van der Waals surface area contributed by atoms with E-state index in [-0.39, 0.29) is 17.4 Å².